The van der Waals surface area contributed by atoms with Crippen molar-refractivity contribution < 1.29 is 13.2 Å². The van der Waals surface area contributed by atoms with Gasteiger partial charge in [0.2, 0.25) is 5.91 Å². The molecule has 3 N–H and O–H groups in total. The first-order valence-corrected chi connectivity index (χ1v) is 6.03. The maximum atomic E-state index is 11.1. The normalized spacial score (nSPS) is 20.7. The van der Waals surface area contributed by atoms with Gasteiger partial charge in [-0.2, -0.15) is 0 Å². The second-order valence-corrected chi connectivity index (χ2v) is 5.44. The summed E-state index contributed by atoms with van der Waals surface area (Å²) in [5, 5.41) is 2.60. The van der Waals surface area contributed by atoms with Crippen LogP contribution in [0.3, 0.4) is 0 Å². The molecule has 0 unspecified atom stereocenters. The maximum absolute atomic E-state index is 11.1. The summed E-state index contributed by atoms with van der Waals surface area (Å²) in [6.07, 6.45) is 0.305. The zero-order chi connectivity index (χ0) is 9.90. The highest BCUT2D eigenvalue weighted by Gasteiger charge is 2.34. The zero-order valence-electron chi connectivity index (χ0n) is 7.32. The molecule has 0 aromatic carbocycles. The largest absolute Gasteiger partial charge is 0.355 e. The molecule has 1 rings (SSSR count). The fraction of sp³-hybridized carbons (Fsp3) is 0.857. The fourth-order valence-electron chi connectivity index (χ4n) is 1.33. The second kappa shape index (κ2) is 4.06. The summed E-state index contributed by atoms with van der Waals surface area (Å²) in [6.45, 7) is 0.868. The summed E-state index contributed by atoms with van der Waals surface area (Å²) in [4.78, 5) is 11.1. The van der Waals surface area contributed by atoms with E-state index in [0.717, 1.165) is 0 Å². The Labute approximate surface area is 77.6 Å². The van der Waals surface area contributed by atoms with Crippen LogP contribution >= 0.6 is 0 Å². The Morgan fingerprint density at radius 3 is 2.54 bits per heavy atom. The molecule has 76 valence electrons. The lowest BCUT2D eigenvalue weighted by molar-refractivity contribution is -0.121. The number of carbonyl (C=O) groups is 1. The Morgan fingerprint density at radius 2 is 2.08 bits per heavy atom. The van der Waals surface area contributed by atoms with Gasteiger partial charge in [-0.25, -0.2) is 8.42 Å². The number of rotatable bonds is 4. The molecule has 0 aliphatic carbocycles. The van der Waals surface area contributed by atoms with E-state index in [1.807, 2.05) is 0 Å². The van der Waals surface area contributed by atoms with Crippen LogP contribution < -0.4 is 11.1 Å². The summed E-state index contributed by atoms with van der Waals surface area (Å²) < 4.78 is 21.5. The first-order valence-electron chi connectivity index (χ1n) is 4.20. The molecule has 0 bridgehead atoms. The number of carbonyl (C=O) groups excluding carboxylic acids is 1. The first-order chi connectivity index (χ1) is 6.03. The van der Waals surface area contributed by atoms with Gasteiger partial charge in [0.15, 0.2) is 9.84 Å². The third kappa shape index (κ3) is 3.31. The lowest BCUT2D eigenvalue weighted by atomic mass is 10.1. The third-order valence-electron chi connectivity index (χ3n) is 1.92. The van der Waals surface area contributed by atoms with Gasteiger partial charge in [0.1, 0.15) is 0 Å². The van der Waals surface area contributed by atoms with Gasteiger partial charge >= 0.3 is 0 Å². The molecule has 1 aliphatic rings. The van der Waals surface area contributed by atoms with Crippen LogP contribution in [0.2, 0.25) is 0 Å². The van der Waals surface area contributed by atoms with Crippen LogP contribution in [-0.4, -0.2) is 38.9 Å². The Kier molecular flexibility index (Phi) is 3.27. The van der Waals surface area contributed by atoms with Gasteiger partial charge in [0, 0.05) is 19.5 Å². The van der Waals surface area contributed by atoms with Crippen LogP contribution in [0.5, 0.6) is 0 Å². The molecule has 0 spiro atoms. The lowest BCUT2D eigenvalue weighted by Gasteiger charge is -2.24. The molecular formula is C7H14N2O3S. The average molecular weight is 206 g/mol. The van der Waals surface area contributed by atoms with E-state index in [9.17, 15) is 13.2 Å². The van der Waals surface area contributed by atoms with Crippen LogP contribution in [0, 0.1) is 5.92 Å². The van der Waals surface area contributed by atoms with Crippen molar-refractivity contribution in [3.8, 4) is 0 Å². The van der Waals surface area contributed by atoms with E-state index < -0.39 is 9.84 Å². The van der Waals surface area contributed by atoms with Gasteiger partial charge in [0.25, 0.3) is 0 Å². The summed E-state index contributed by atoms with van der Waals surface area (Å²) in [5.74, 6) is 0.222. The van der Waals surface area contributed by atoms with Crippen molar-refractivity contribution >= 4 is 15.7 Å². The standard InChI is InChI=1S/C7H14N2O3S/c8-1-2-9-7(10)3-6-4-13(11,12)5-6/h6H,1-5,8H2,(H,9,10). The van der Waals surface area contributed by atoms with E-state index in [0.29, 0.717) is 19.5 Å². The molecule has 13 heavy (non-hydrogen) atoms. The summed E-state index contributed by atoms with van der Waals surface area (Å²) >= 11 is 0. The third-order valence-corrected chi connectivity index (χ3v) is 3.88. The zero-order valence-corrected chi connectivity index (χ0v) is 8.14. The minimum atomic E-state index is -2.80. The molecule has 0 saturated carbocycles. The molecule has 5 nitrogen and oxygen atoms in total. The number of hydrogen-bond acceptors (Lipinski definition) is 4. The van der Waals surface area contributed by atoms with Crippen LogP contribution in [0.15, 0.2) is 0 Å². The smallest absolute Gasteiger partial charge is 0.220 e. The van der Waals surface area contributed by atoms with E-state index in [-0.39, 0.29) is 23.3 Å². The molecule has 1 heterocycles. The van der Waals surface area contributed by atoms with Gasteiger partial charge < -0.3 is 11.1 Å². The number of amides is 1. The van der Waals surface area contributed by atoms with Gasteiger partial charge in [0.05, 0.1) is 11.5 Å². The van der Waals surface area contributed by atoms with Crippen molar-refractivity contribution in [3.05, 3.63) is 0 Å². The Balaban J connectivity index is 2.17. The molecular weight excluding hydrogens is 192 g/mol. The van der Waals surface area contributed by atoms with E-state index in [1.165, 1.54) is 0 Å². The first kappa shape index (κ1) is 10.5. The number of nitrogens with one attached hydrogen (secondary N) is 1. The molecule has 1 fully saturated rings. The van der Waals surface area contributed by atoms with E-state index in [1.54, 1.807) is 0 Å². The Bertz CT molecular complexity index is 274. The molecule has 0 atom stereocenters. The summed E-state index contributed by atoms with van der Waals surface area (Å²) in [7, 11) is -2.80. The average Bonchev–Trinajstić information content (AvgIpc) is 1.97. The van der Waals surface area contributed by atoms with Crippen molar-refractivity contribution in [2.75, 3.05) is 24.6 Å². The predicted octanol–water partition coefficient (Wildman–Crippen LogP) is -1.50. The highest BCUT2D eigenvalue weighted by molar-refractivity contribution is 7.92. The number of hydrogen-bond donors (Lipinski definition) is 2. The Morgan fingerprint density at radius 1 is 1.46 bits per heavy atom. The van der Waals surface area contributed by atoms with Crippen LogP contribution in [0.4, 0.5) is 0 Å². The van der Waals surface area contributed by atoms with Crippen molar-refractivity contribution in [1.82, 2.24) is 5.32 Å². The maximum Gasteiger partial charge on any atom is 0.220 e. The van der Waals surface area contributed by atoms with Gasteiger partial charge in [-0.3, -0.25) is 4.79 Å². The summed E-state index contributed by atoms with van der Waals surface area (Å²) in [6, 6.07) is 0. The van der Waals surface area contributed by atoms with Crippen molar-refractivity contribution in [3.63, 3.8) is 0 Å². The van der Waals surface area contributed by atoms with Gasteiger partial charge in [-0.15, -0.1) is 0 Å². The minimum absolute atomic E-state index is 0.0165. The van der Waals surface area contributed by atoms with Crippen molar-refractivity contribution in [2.45, 2.75) is 6.42 Å². The topological polar surface area (TPSA) is 89.3 Å². The van der Waals surface area contributed by atoms with Crippen LogP contribution in [0.25, 0.3) is 0 Å². The SMILES string of the molecule is NCCNC(=O)CC1CS(=O)(=O)C1. The monoisotopic (exact) mass is 206 g/mol. The van der Waals surface area contributed by atoms with Crippen molar-refractivity contribution in [1.29, 1.82) is 0 Å². The van der Waals surface area contributed by atoms with Gasteiger partial charge in [-0.05, 0) is 5.92 Å². The van der Waals surface area contributed by atoms with E-state index in [4.69, 9.17) is 5.73 Å². The fourth-order valence-corrected chi connectivity index (χ4v) is 2.91. The highest BCUT2D eigenvalue weighted by Crippen LogP contribution is 2.20. The van der Waals surface area contributed by atoms with Crippen LogP contribution in [0.1, 0.15) is 6.42 Å². The molecule has 1 saturated heterocycles. The van der Waals surface area contributed by atoms with Crippen LogP contribution in [-0.2, 0) is 14.6 Å². The molecule has 0 radical (unpaired) electrons. The quantitative estimate of drug-likeness (QED) is 0.585. The van der Waals surface area contributed by atoms with E-state index >= 15 is 0 Å². The second-order valence-electron chi connectivity index (χ2n) is 3.29. The molecule has 0 aromatic heterocycles. The number of sulfone groups is 1. The lowest BCUT2D eigenvalue weighted by Crippen LogP contribution is -2.40. The minimum Gasteiger partial charge on any atom is -0.355 e. The molecule has 0 aromatic rings. The highest BCUT2D eigenvalue weighted by atomic mass is 32.2. The Hall–Kier alpha value is -0.620. The molecule has 1 aliphatic heterocycles. The van der Waals surface area contributed by atoms with E-state index in [2.05, 4.69) is 5.32 Å². The predicted molar refractivity (Wildman–Crippen MR) is 48.8 cm³/mol. The van der Waals surface area contributed by atoms with Gasteiger partial charge in [-0.1, -0.05) is 0 Å². The van der Waals surface area contributed by atoms with Crippen molar-refractivity contribution in [2.24, 2.45) is 11.7 Å². The molecule has 6 heteroatoms. The summed E-state index contributed by atoms with van der Waals surface area (Å²) in [5.41, 5.74) is 5.19. The molecule has 1 amide bonds. The number of nitrogens with two attached hydrogens (primary N) is 1.